The van der Waals surface area contributed by atoms with Crippen LogP contribution in [0.25, 0.3) is 0 Å². The SMILES string of the molecule is CC(CC(O)(C=O)NC(=O)[C@H](CC1CCCCC1)NC(=O)OCc1cccc(Cl)c1)C(=O)N1CCOc2ccccc2C1. The Morgan fingerprint density at radius 1 is 1.16 bits per heavy atom. The molecule has 3 N–H and O–H groups in total. The molecule has 1 saturated carbocycles. The number of fused-ring (bicyclic) bond motifs is 1. The normalized spacial score (nSPS) is 18.1. The first-order chi connectivity index (χ1) is 20.7. The van der Waals surface area contributed by atoms with E-state index < -0.39 is 29.7 Å². The fourth-order valence-electron chi connectivity index (χ4n) is 5.76. The molecule has 4 rings (SSSR count). The zero-order chi connectivity index (χ0) is 30.8. The first-order valence-electron chi connectivity index (χ1n) is 14.8. The highest BCUT2D eigenvalue weighted by atomic mass is 35.5. The Hall–Kier alpha value is -3.63. The van der Waals surface area contributed by atoms with E-state index in [1.165, 1.54) is 0 Å². The number of hydrogen-bond acceptors (Lipinski definition) is 7. The van der Waals surface area contributed by atoms with Crippen LogP contribution in [0.3, 0.4) is 0 Å². The summed E-state index contributed by atoms with van der Waals surface area (Å²) in [6, 6.07) is 13.3. The van der Waals surface area contributed by atoms with Crippen LogP contribution in [0.2, 0.25) is 5.02 Å². The van der Waals surface area contributed by atoms with Crippen molar-refractivity contribution in [1.29, 1.82) is 0 Å². The number of hydrogen-bond donors (Lipinski definition) is 3. The van der Waals surface area contributed by atoms with Crippen LogP contribution in [0.5, 0.6) is 5.75 Å². The standard InChI is InChI=1S/C32H40ClN3O7/c1-22(30(39)36-14-15-42-28-13-6-5-11-25(28)19-36)18-32(41,21-37)35-29(38)27(17-23-8-3-2-4-9-23)34-31(40)43-20-24-10-7-12-26(33)16-24/h5-7,10-13,16,21-23,27,41H,2-4,8-9,14-15,17-20H2,1H3,(H,34,40)(H,35,38)/t22?,27-,32?/m0/s1. The quantitative estimate of drug-likeness (QED) is 0.253. The lowest BCUT2D eigenvalue weighted by molar-refractivity contribution is -0.146. The maximum absolute atomic E-state index is 13.5. The number of carbonyl (C=O) groups excluding carboxylic acids is 4. The minimum absolute atomic E-state index is 0.0475. The van der Waals surface area contributed by atoms with Crippen LogP contribution in [-0.4, -0.2) is 59.1 Å². The Bertz CT molecular complexity index is 1290. The van der Waals surface area contributed by atoms with E-state index in [0.717, 1.165) is 37.7 Å². The van der Waals surface area contributed by atoms with Gasteiger partial charge in [-0.2, -0.15) is 0 Å². The van der Waals surface area contributed by atoms with Gasteiger partial charge in [-0.05, 0) is 36.1 Å². The number of benzene rings is 2. The second-order valence-electron chi connectivity index (χ2n) is 11.5. The molecule has 43 heavy (non-hydrogen) atoms. The second-order valence-corrected chi connectivity index (χ2v) is 11.9. The number of ether oxygens (including phenoxy) is 2. The number of para-hydroxylation sites is 1. The third-order valence-corrected chi connectivity index (χ3v) is 8.23. The van der Waals surface area contributed by atoms with E-state index in [1.54, 1.807) is 36.1 Å². The molecule has 2 aliphatic rings. The smallest absolute Gasteiger partial charge is 0.408 e. The zero-order valence-corrected chi connectivity index (χ0v) is 25.2. The minimum Gasteiger partial charge on any atom is -0.491 e. The number of halogens is 1. The molecule has 3 amide bonds. The maximum atomic E-state index is 13.5. The Kier molecular flexibility index (Phi) is 11.4. The molecule has 1 aliphatic carbocycles. The summed E-state index contributed by atoms with van der Waals surface area (Å²) < 4.78 is 11.1. The lowest BCUT2D eigenvalue weighted by atomic mass is 9.84. The fourth-order valence-corrected chi connectivity index (χ4v) is 5.97. The van der Waals surface area contributed by atoms with E-state index in [9.17, 15) is 24.3 Å². The lowest BCUT2D eigenvalue weighted by Gasteiger charge is -2.31. The molecule has 0 radical (unpaired) electrons. The zero-order valence-electron chi connectivity index (χ0n) is 24.4. The van der Waals surface area contributed by atoms with Crippen LogP contribution in [0.1, 0.15) is 63.0 Å². The van der Waals surface area contributed by atoms with Gasteiger partial charge in [0, 0.05) is 29.5 Å². The molecule has 0 saturated heterocycles. The van der Waals surface area contributed by atoms with Gasteiger partial charge in [-0.1, -0.05) is 81.0 Å². The van der Waals surface area contributed by atoms with Crippen molar-refractivity contribution in [3.63, 3.8) is 0 Å². The summed E-state index contributed by atoms with van der Waals surface area (Å²) >= 11 is 6.01. The topological polar surface area (TPSA) is 134 Å². The average molecular weight is 614 g/mol. The number of alkyl carbamates (subject to hydrolysis) is 1. The molecule has 1 aliphatic heterocycles. The summed E-state index contributed by atoms with van der Waals surface area (Å²) in [5, 5.41) is 16.7. The lowest BCUT2D eigenvalue weighted by Crippen LogP contribution is -2.58. The number of nitrogens with zero attached hydrogens (tertiary/aromatic N) is 1. The highest BCUT2D eigenvalue weighted by Gasteiger charge is 2.37. The van der Waals surface area contributed by atoms with Crippen LogP contribution < -0.4 is 15.4 Å². The van der Waals surface area contributed by atoms with Crippen molar-refractivity contribution in [3.8, 4) is 5.75 Å². The molecular formula is C32H40ClN3O7. The molecule has 232 valence electrons. The third kappa shape index (κ3) is 9.43. The maximum Gasteiger partial charge on any atom is 0.408 e. The summed E-state index contributed by atoms with van der Waals surface area (Å²) in [7, 11) is 0. The summed E-state index contributed by atoms with van der Waals surface area (Å²) in [6.07, 6.45) is 4.41. The monoisotopic (exact) mass is 613 g/mol. The molecule has 2 aromatic carbocycles. The number of aldehydes is 1. The van der Waals surface area contributed by atoms with E-state index in [4.69, 9.17) is 21.1 Å². The first-order valence-corrected chi connectivity index (χ1v) is 15.2. The Labute approximate surface area is 257 Å². The van der Waals surface area contributed by atoms with Crippen molar-refractivity contribution in [2.75, 3.05) is 13.2 Å². The van der Waals surface area contributed by atoms with E-state index in [0.29, 0.717) is 42.5 Å². The number of nitrogens with one attached hydrogen (secondary N) is 2. The number of amides is 3. The number of carbonyl (C=O) groups is 4. The van der Waals surface area contributed by atoms with Gasteiger partial charge in [-0.3, -0.25) is 14.4 Å². The van der Waals surface area contributed by atoms with Gasteiger partial charge in [0.2, 0.25) is 11.8 Å². The summed E-state index contributed by atoms with van der Waals surface area (Å²) in [4.78, 5) is 53.2. The highest BCUT2D eigenvalue weighted by Crippen LogP contribution is 2.28. The molecule has 3 atom stereocenters. The minimum atomic E-state index is -2.32. The highest BCUT2D eigenvalue weighted by molar-refractivity contribution is 6.30. The number of aliphatic hydroxyl groups is 1. The predicted octanol–water partition coefficient (Wildman–Crippen LogP) is 4.36. The fraction of sp³-hybridized carbons (Fsp3) is 0.500. The number of rotatable bonds is 11. The molecule has 10 nitrogen and oxygen atoms in total. The van der Waals surface area contributed by atoms with Crippen molar-refractivity contribution < 1.29 is 33.8 Å². The van der Waals surface area contributed by atoms with Crippen molar-refractivity contribution >= 4 is 35.8 Å². The van der Waals surface area contributed by atoms with Crippen molar-refractivity contribution in [2.24, 2.45) is 11.8 Å². The van der Waals surface area contributed by atoms with Gasteiger partial charge in [0.15, 0.2) is 12.0 Å². The molecule has 11 heteroatoms. The van der Waals surface area contributed by atoms with Gasteiger partial charge in [0.05, 0.1) is 6.54 Å². The van der Waals surface area contributed by atoms with Crippen molar-refractivity contribution in [3.05, 3.63) is 64.7 Å². The molecule has 1 heterocycles. The van der Waals surface area contributed by atoms with Gasteiger partial charge in [-0.25, -0.2) is 4.79 Å². The predicted molar refractivity (Wildman–Crippen MR) is 160 cm³/mol. The van der Waals surface area contributed by atoms with Gasteiger partial charge in [-0.15, -0.1) is 0 Å². The largest absolute Gasteiger partial charge is 0.491 e. The molecule has 2 unspecified atom stereocenters. The Morgan fingerprint density at radius 2 is 1.93 bits per heavy atom. The molecule has 2 aromatic rings. The van der Waals surface area contributed by atoms with E-state index in [-0.39, 0.29) is 31.1 Å². The van der Waals surface area contributed by atoms with Gasteiger partial charge < -0.3 is 30.1 Å². The first kappa shape index (κ1) is 32.3. The van der Waals surface area contributed by atoms with E-state index in [1.807, 2.05) is 24.3 Å². The summed E-state index contributed by atoms with van der Waals surface area (Å²) in [5.74, 6) is -0.901. The second kappa shape index (κ2) is 15.2. The van der Waals surface area contributed by atoms with Crippen LogP contribution in [-0.2, 0) is 32.3 Å². The molecule has 0 spiro atoms. The van der Waals surface area contributed by atoms with Crippen LogP contribution in [0.15, 0.2) is 48.5 Å². The van der Waals surface area contributed by atoms with Gasteiger partial charge in [0.25, 0.3) is 0 Å². The molecule has 0 aromatic heterocycles. The third-order valence-electron chi connectivity index (χ3n) is 8.00. The van der Waals surface area contributed by atoms with Crippen LogP contribution in [0.4, 0.5) is 4.79 Å². The van der Waals surface area contributed by atoms with Crippen molar-refractivity contribution in [1.82, 2.24) is 15.5 Å². The van der Waals surface area contributed by atoms with E-state index >= 15 is 0 Å². The van der Waals surface area contributed by atoms with Crippen LogP contribution >= 0.6 is 11.6 Å². The van der Waals surface area contributed by atoms with Crippen molar-refractivity contribution in [2.45, 2.75) is 76.8 Å². The summed E-state index contributed by atoms with van der Waals surface area (Å²) in [5.41, 5.74) is -0.772. The molecular weight excluding hydrogens is 574 g/mol. The molecule has 1 fully saturated rings. The van der Waals surface area contributed by atoms with Gasteiger partial charge >= 0.3 is 6.09 Å². The molecule has 0 bridgehead atoms. The summed E-state index contributed by atoms with van der Waals surface area (Å²) in [6.45, 7) is 2.54. The Morgan fingerprint density at radius 3 is 2.67 bits per heavy atom. The van der Waals surface area contributed by atoms with E-state index in [2.05, 4.69) is 10.6 Å². The van der Waals surface area contributed by atoms with Crippen LogP contribution in [0, 0.1) is 11.8 Å². The average Bonchev–Trinajstić information content (AvgIpc) is 3.22. The van der Waals surface area contributed by atoms with Gasteiger partial charge in [0.1, 0.15) is 25.0 Å². The Balaban J connectivity index is 1.39.